The molecule has 0 spiro atoms. The van der Waals surface area contributed by atoms with Crippen molar-refractivity contribution in [2.24, 2.45) is 0 Å². The second-order valence-electron chi connectivity index (χ2n) is 11.9. The summed E-state index contributed by atoms with van der Waals surface area (Å²) in [6.45, 7) is 4.68. The highest BCUT2D eigenvalue weighted by Crippen LogP contribution is 2.47. The third-order valence-electron chi connectivity index (χ3n) is 8.65. The van der Waals surface area contributed by atoms with Crippen molar-refractivity contribution in [3.63, 3.8) is 0 Å². The van der Waals surface area contributed by atoms with Gasteiger partial charge in [0.15, 0.2) is 0 Å². The lowest BCUT2D eigenvalue weighted by Crippen LogP contribution is -2.26. The van der Waals surface area contributed by atoms with Gasteiger partial charge >= 0.3 is 0 Å². The van der Waals surface area contributed by atoms with E-state index < -0.39 is 0 Å². The van der Waals surface area contributed by atoms with E-state index in [2.05, 4.69) is 21.3 Å². The molecule has 0 bridgehead atoms. The first-order valence-electron chi connectivity index (χ1n) is 16.4. The zero-order valence-electron chi connectivity index (χ0n) is 26.8. The topological polar surface area (TPSA) is 129 Å². The normalized spacial score (nSPS) is 11.4. The molecular weight excluding hydrogens is 600 g/mol. The Labute approximate surface area is 280 Å². The second kappa shape index (κ2) is 15.6. The zero-order chi connectivity index (χ0) is 33.3. The van der Waals surface area contributed by atoms with E-state index in [1.54, 1.807) is 12.1 Å². The Morgan fingerprint density at radius 3 is 1.10 bits per heavy atom. The number of benzene rings is 6. The van der Waals surface area contributed by atoms with Crippen LogP contribution in [0, 0.1) is 0 Å². The van der Waals surface area contributed by atoms with Crippen LogP contribution in [0.3, 0.4) is 0 Å². The Morgan fingerprint density at radius 1 is 0.375 bits per heavy atom. The summed E-state index contributed by atoms with van der Waals surface area (Å²) in [4.78, 5) is 0. The van der Waals surface area contributed by atoms with Crippen molar-refractivity contribution in [2.45, 2.75) is 26.2 Å². The Morgan fingerprint density at radius 2 is 0.708 bits per heavy atom. The van der Waals surface area contributed by atoms with Gasteiger partial charge in [0.05, 0.1) is 0 Å². The van der Waals surface area contributed by atoms with Gasteiger partial charge in [0.25, 0.3) is 0 Å². The van der Waals surface area contributed by atoms with Gasteiger partial charge < -0.3 is 41.7 Å². The molecule has 8 nitrogen and oxygen atoms in total. The molecule has 0 aliphatic rings. The highest BCUT2D eigenvalue weighted by atomic mass is 16.3. The number of phenolic OH excluding ortho intramolecular Hbond substituents is 4. The van der Waals surface area contributed by atoms with Crippen LogP contribution in [0.5, 0.6) is 23.0 Å². The predicted octanol–water partition coefficient (Wildman–Crippen LogP) is 6.24. The van der Waals surface area contributed by atoms with Crippen LogP contribution in [-0.2, 0) is 26.2 Å². The van der Waals surface area contributed by atoms with Gasteiger partial charge in [-0.15, -0.1) is 0 Å². The van der Waals surface area contributed by atoms with Crippen LogP contribution in [0.1, 0.15) is 22.3 Å². The lowest BCUT2D eigenvalue weighted by Gasteiger charge is -2.19. The third kappa shape index (κ3) is 7.54. The molecule has 246 valence electrons. The summed E-state index contributed by atoms with van der Waals surface area (Å²) in [7, 11) is 0. The lowest BCUT2D eigenvalue weighted by molar-refractivity contribution is 0.458. The van der Waals surface area contributed by atoms with E-state index in [1.165, 1.54) is 0 Å². The first-order chi connectivity index (χ1) is 23.5. The minimum atomic E-state index is 0.141. The van der Waals surface area contributed by atoms with E-state index in [0.29, 0.717) is 63.5 Å². The molecule has 8 N–H and O–H groups in total. The maximum Gasteiger partial charge on any atom is 0.128 e. The number of aromatic hydroxyl groups is 4. The number of phenols is 4. The molecular formula is C40H42N4O4. The molecule has 6 aromatic carbocycles. The summed E-state index contributed by atoms with van der Waals surface area (Å²) in [5.74, 6) is 0.837. The van der Waals surface area contributed by atoms with Crippen molar-refractivity contribution in [3.8, 4) is 34.1 Å². The van der Waals surface area contributed by atoms with Crippen LogP contribution < -0.4 is 21.3 Å². The van der Waals surface area contributed by atoms with E-state index in [1.807, 2.05) is 97.1 Å². The number of hydrogen-bond acceptors (Lipinski definition) is 8. The molecule has 0 atom stereocenters. The fraction of sp³-hybridized carbons (Fsp3) is 0.200. The maximum atomic E-state index is 11.8. The molecule has 8 heteroatoms. The fourth-order valence-electron chi connectivity index (χ4n) is 6.13. The Kier molecular flexibility index (Phi) is 10.7. The van der Waals surface area contributed by atoms with E-state index >= 15 is 0 Å². The van der Waals surface area contributed by atoms with Crippen LogP contribution in [0.15, 0.2) is 109 Å². The first-order valence-corrected chi connectivity index (χ1v) is 16.4. The van der Waals surface area contributed by atoms with Gasteiger partial charge in [-0.25, -0.2) is 0 Å². The largest absolute Gasteiger partial charge is 0.508 e. The molecule has 0 heterocycles. The van der Waals surface area contributed by atoms with Gasteiger partial charge in [0, 0.05) is 85.7 Å². The van der Waals surface area contributed by atoms with E-state index in [4.69, 9.17) is 0 Å². The maximum absolute atomic E-state index is 11.8. The smallest absolute Gasteiger partial charge is 0.128 e. The lowest BCUT2D eigenvalue weighted by atomic mass is 9.88. The van der Waals surface area contributed by atoms with Gasteiger partial charge in [0.2, 0.25) is 0 Å². The quantitative estimate of drug-likeness (QED) is 0.0619. The van der Waals surface area contributed by atoms with Gasteiger partial charge in [-0.2, -0.15) is 0 Å². The van der Waals surface area contributed by atoms with Crippen molar-refractivity contribution in [1.82, 2.24) is 21.3 Å². The zero-order valence-corrected chi connectivity index (χ0v) is 26.8. The minimum Gasteiger partial charge on any atom is -0.508 e. The summed E-state index contributed by atoms with van der Waals surface area (Å²) in [5, 5.41) is 60.9. The van der Waals surface area contributed by atoms with Gasteiger partial charge in [-0.05, 0) is 45.8 Å². The highest BCUT2D eigenvalue weighted by molar-refractivity contribution is 6.10. The molecule has 0 amide bonds. The van der Waals surface area contributed by atoms with E-state index in [0.717, 1.165) is 43.8 Å². The molecule has 0 saturated carbocycles. The first kappa shape index (κ1) is 32.8. The average Bonchev–Trinajstić information content (AvgIpc) is 3.10. The molecule has 0 saturated heterocycles. The fourth-order valence-corrected chi connectivity index (χ4v) is 6.13. The van der Waals surface area contributed by atoms with Crippen LogP contribution >= 0.6 is 0 Å². The monoisotopic (exact) mass is 642 g/mol. The number of fused-ring (bicyclic) bond motifs is 2. The molecule has 48 heavy (non-hydrogen) atoms. The third-order valence-corrected chi connectivity index (χ3v) is 8.65. The van der Waals surface area contributed by atoms with Crippen LogP contribution in [0.25, 0.3) is 32.7 Å². The average molecular weight is 643 g/mol. The Hall–Kier alpha value is -5.12. The van der Waals surface area contributed by atoms with Crippen molar-refractivity contribution in [3.05, 3.63) is 131 Å². The minimum absolute atomic E-state index is 0.141. The van der Waals surface area contributed by atoms with Gasteiger partial charge in [-0.1, -0.05) is 84.9 Å². The Balaban J connectivity index is 1.20. The van der Waals surface area contributed by atoms with Crippen LogP contribution in [0.2, 0.25) is 0 Å². The summed E-state index contributed by atoms with van der Waals surface area (Å²) in [6.07, 6.45) is 0. The molecule has 0 fully saturated rings. The summed E-state index contributed by atoms with van der Waals surface area (Å²) in [5.41, 5.74) is 4.41. The summed E-state index contributed by atoms with van der Waals surface area (Å²) >= 11 is 0. The predicted molar refractivity (Wildman–Crippen MR) is 193 cm³/mol. The Bertz CT molecular complexity index is 1870. The number of para-hydroxylation sites is 2. The van der Waals surface area contributed by atoms with Gasteiger partial charge in [-0.3, -0.25) is 0 Å². The number of hydrogen-bond donors (Lipinski definition) is 8. The van der Waals surface area contributed by atoms with E-state index in [9.17, 15) is 20.4 Å². The van der Waals surface area contributed by atoms with Crippen molar-refractivity contribution in [2.75, 3.05) is 26.2 Å². The molecule has 0 aliphatic heterocycles. The second-order valence-corrected chi connectivity index (χ2v) is 11.9. The highest BCUT2D eigenvalue weighted by Gasteiger charge is 2.22. The number of nitrogens with one attached hydrogen (secondary N) is 4. The van der Waals surface area contributed by atoms with Crippen molar-refractivity contribution >= 4 is 21.5 Å². The van der Waals surface area contributed by atoms with Crippen LogP contribution in [-0.4, -0.2) is 46.6 Å². The van der Waals surface area contributed by atoms with Gasteiger partial charge in [0.1, 0.15) is 23.0 Å². The van der Waals surface area contributed by atoms with Crippen molar-refractivity contribution in [1.29, 1.82) is 0 Å². The molecule has 0 unspecified atom stereocenters. The standard InChI is InChI=1S/C40H42N4O4/c45-35-15-7-3-11-29(35)23-41-17-19-43-25-31-21-27-9-1-5-13-33(27)37(39(31)47)38-34-14-6-2-10-28(34)22-32(40(38)48)26-44-20-18-42-24-30-12-4-8-16-36(30)46/h1-16,21-22,41-48H,17-20,23-26H2. The van der Waals surface area contributed by atoms with E-state index in [-0.39, 0.29) is 23.0 Å². The molecule has 6 aromatic rings. The summed E-state index contributed by atoms with van der Waals surface area (Å²) in [6, 6.07) is 34.5. The molecule has 0 radical (unpaired) electrons. The summed E-state index contributed by atoms with van der Waals surface area (Å²) < 4.78 is 0. The SMILES string of the molecule is Oc1ccccc1CNCCNCc1cc2ccccc2c(-c2c(O)c(CNCCNCc3ccccc3O)cc3ccccc23)c1O. The number of rotatable bonds is 15. The molecule has 6 rings (SSSR count). The van der Waals surface area contributed by atoms with Crippen molar-refractivity contribution < 1.29 is 20.4 Å². The van der Waals surface area contributed by atoms with Crippen LogP contribution in [0.4, 0.5) is 0 Å². The molecule has 0 aliphatic carbocycles. The molecule has 0 aromatic heterocycles.